The van der Waals surface area contributed by atoms with Gasteiger partial charge in [-0.05, 0) is 37.1 Å². The van der Waals surface area contributed by atoms with Crippen LogP contribution in [0.5, 0.6) is 5.88 Å². The van der Waals surface area contributed by atoms with Crippen molar-refractivity contribution in [1.29, 1.82) is 0 Å². The minimum atomic E-state index is 0.521. The van der Waals surface area contributed by atoms with Gasteiger partial charge in [0, 0.05) is 36.2 Å². The molecule has 0 unspecified atom stereocenters. The highest BCUT2D eigenvalue weighted by Crippen LogP contribution is 2.39. The van der Waals surface area contributed by atoms with Crippen molar-refractivity contribution in [2.45, 2.75) is 13.8 Å². The Kier molecular flexibility index (Phi) is 6.18. The van der Waals surface area contributed by atoms with Gasteiger partial charge in [-0.15, -0.1) is 0 Å². The molecule has 4 rings (SSSR count). The van der Waals surface area contributed by atoms with Crippen LogP contribution in [-0.4, -0.2) is 30.2 Å². The van der Waals surface area contributed by atoms with E-state index < -0.39 is 0 Å². The Morgan fingerprint density at radius 2 is 1.77 bits per heavy atom. The van der Waals surface area contributed by atoms with Crippen LogP contribution in [0.4, 0.5) is 10.8 Å². The first-order valence-corrected chi connectivity index (χ1v) is 11.2. The molecule has 0 bridgehead atoms. The molecule has 0 fully saturated rings. The molecule has 0 spiro atoms. The molecular weight excluding hydrogens is 404 g/mol. The van der Waals surface area contributed by atoms with Crippen LogP contribution < -0.4 is 15.0 Å². The molecule has 158 valence electrons. The molecule has 0 saturated carbocycles. The van der Waals surface area contributed by atoms with Gasteiger partial charge in [0.05, 0.1) is 11.8 Å². The molecule has 1 N–H and O–H groups in total. The first-order valence-electron chi connectivity index (χ1n) is 10.3. The summed E-state index contributed by atoms with van der Waals surface area (Å²) in [6.45, 7) is 10.5. The van der Waals surface area contributed by atoms with Crippen LogP contribution in [-0.2, 0) is 0 Å². The Balaban J connectivity index is 1.63. The number of hydrogen-bond donors (Lipinski definition) is 1. The first-order chi connectivity index (χ1) is 15.1. The van der Waals surface area contributed by atoms with Crippen LogP contribution >= 0.6 is 11.3 Å². The summed E-state index contributed by atoms with van der Waals surface area (Å²) in [5.41, 5.74) is 5.94. The van der Waals surface area contributed by atoms with E-state index in [2.05, 4.69) is 72.0 Å². The Hall–Kier alpha value is -3.38. The summed E-state index contributed by atoms with van der Waals surface area (Å²) < 4.78 is 6.49. The number of hydrogen-bond acceptors (Lipinski definition) is 6. The first kappa shape index (κ1) is 20.9. The van der Waals surface area contributed by atoms with E-state index >= 15 is 0 Å². The standard InChI is InChI=1S/C25H26N4OS/c1-5-29(6-2)20-14-12-18(13-15-20)17(3)27-25-28-22-23(31-25)21(16-26-24(22)30-4)19-10-8-7-9-11-19/h7-16H,3,5-6H2,1-2,4H3,(H,27,28). The van der Waals surface area contributed by atoms with E-state index in [-0.39, 0.29) is 0 Å². The normalized spacial score (nSPS) is 10.8. The molecule has 6 heteroatoms. The molecule has 0 aliphatic carbocycles. The molecule has 0 saturated heterocycles. The summed E-state index contributed by atoms with van der Waals surface area (Å²) >= 11 is 1.58. The number of nitrogens with zero attached hydrogens (tertiary/aromatic N) is 3. The molecule has 2 aromatic heterocycles. The predicted octanol–water partition coefficient (Wildman–Crippen LogP) is 6.30. The second-order valence-corrected chi connectivity index (χ2v) is 8.07. The minimum absolute atomic E-state index is 0.521. The third-order valence-electron chi connectivity index (χ3n) is 5.27. The lowest BCUT2D eigenvalue weighted by Crippen LogP contribution is -2.21. The van der Waals surface area contributed by atoms with Gasteiger partial charge in [-0.25, -0.2) is 9.97 Å². The average molecular weight is 431 g/mol. The van der Waals surface area contributed by atoms with Gasteiger partial charge < -0.3 is 15.0 Å². The van der Waals surface area contributed by atoms with Gasteiger partial charge in [-0.2, -0.15) is 0 Å². The second kappa shape index (κ2) is 9.18. The van der Waals surface area contributed by atoms with E-state index in [1.807, 2.05) is 24.4 Å². The van der Waals surface area contributed by atoms with Crippen LogP contribution in [0, 0.1) is 0 Å². The highest BCUT2D eigenvalue weighted by Gasteiger charge is 2.16. The van der Waals surface area contributed by atoms with Gasteiger partial charge in [0.25, 0.3) is 0 Å². The van der Waals surface area contributed by atoms with Crippen LogP contribution in [0.25, 0.3) is 27.0 Å². The molecule has 31 heavy (non-hydrogen) atoms. The molecule has 2 aromatic carbocycles. The Bertz CT molecular complexity index is 1180. The molecule has 2 heterocycles. The second-order valence-electron chi connectivity index (χ2n) is 7.07. The number of anilines is 2. The van der Waals surface area contributed by atoms with Crippen molar-refractivity contribution in [1.82, 2.24) is 9.97 Å². The number of thiazole rings is 1. The number of rotatable bonds is 8. The minimum Gasteiger partial charge on any atom is -0.479 e. The SMILES string of the molecule is C=C(Nc1nc2c(OC)ncc(-c3ccccc3)c2s1)c1ccc(N(CC)CC)cc1. The van der Waals surface area contributed by atoms with Crippen molar-refractivity contribution in [2.75, 3.05) is 30.4 Å². The number of fused-ring (bicyclic) bond motifs is 1. The van der Waals surface area contributed by atoms with Crippen LogP contribution in [0.1, 0.15) is 19.4 Å². The summed E-state index contributed by atoms with van der Waals surface area (Å²) in [4.78, 5) is 11.5. The molecule has 0 aliphatic heterocycles. The largest absolute Gasteiger partial charge is 0.479 e. The number of aromatic nitrogens is 2. The molecule has 0 atom stereocenters. The molecule has 0 radical (unpaired) electrons. The van der Waals surface area contributed by atoms with E-state index in [0.29, 0.717) is 5.88 Å². The highest BCUT2D eigenvalue weighted by molar-refractivity contribution is 7.22. The van der Waals surface area contributed by atoms with Gasteiger partial charge in [0.1, 0.15) is 5.52 Å². The van der Waals surface area contributed by atoms with E-state index in [9.17, 15) is 0 Å². The third-order valence-corrected chi connectivity index (χ3v) is 6.27. The van der Waals surface area contributed by atoms with Crippen LogP contribution in [0.2, 0.25) is 0 Å². The van der Waals surface area contributed by atoms with Crippen molar-refractivity contribution in [3.63, 3.8) is 0 Å². The maximum Gasteiger partial charge on any atom is 0.241 e. The number of methoxy groups -OCH3 is 1. The van der Waals surface area contributed by atoms with Crippen LogP contribution in [0.3, 0.4) is 0 Å². The summed E-state index contributed by atoms with van der Waals surface area (Å²) in [5.74, 6) is 0.521. The summed E-state index contributed by atoms with van der Waals surface area (Å²) in [6, 6.07) is 18.7. The molecule has 5 nitrogen and oxygen atoms in total. The van der Waals surface area contributed by atoms with Gasteiger partial charge in [-0.1, -0.05) is 60.4 Å². The van der Waals surface area contributed by atoms with Gasteiger partial charge in [-0.3, -0.25) is 0 Å². The Morgan fingerprint density at radius 3 is 2.42 bits per heavy atom. The molecule has 0 amide bonds. The quantitative estimate of drug-likeness (QED) is 0.356. The maximum absolute atomic E-state index is 5.46. The summed E-state index contributed by atoms with van der Waals surface area (Å²) in [7, 11) is 1.62. The van der Waals surface area contributed by atoms with E-state index in [0.717, 1.165) is 50.8 Å². The predicted molar refractivity (Wildman–Crippen MR) is 132 cm³/mol. The smallest absolute Gasteiger partial charge is 0.241 e. The van der Waals surface area contributed by atoms with Crippen molar-refractivity contribution >= 4 is 38.1 Å². The number of nitrogens with one attached hydrogen (secondary N) is 1. The summed E-state index contributed by atoms with van der Waals surface area (Å²) in [6.07, 6.45) is 1.85. The maximum atomic E-state index is 5.46. The number of pyridine rings is 1. The van der Waals surface area contributed by atoms with Crippen molar-refractivity contribution in [3.05, 3.63) is 72.9 Å². The summed E-state index contributed by atoms with van der Waals surface area (Å²) in [5, 5.41) is 4.13. The zero-order valence-corrected chi connectivity index (χ0v) is 18.9. The van der Waals surface area contributed by atoms with E-state index in [1.54, 1.807) is 18.4 Å². The number of benzene rings is 2. The van der Waals surface area contributed by atoms with Gasteiger partial charge >= 0.3 is 0 Å². The van der Waals surface area contributed by atoms with E-state index in [4.69, 9.17) is 9.72 Å². The van der Waals surface area contributed by atoms with Gasteiger partial charge in [0.2, 0.25) is 5.88 Å². The monoisotopic (exact) mass is 430 g/mol. The topological polar surface area (TPSA) is 50.3 Å². The van der Waals surface area contributed by atoms with Crippen molar-refractivity contribution < 1.29 is 4.74 Å². The fourth-order valence-corrected chi connectivity index (χ4v) is 4.59. The zero-order chi connectivity index (χ0) is 21.8. The molecule has 4 aromatic rings. The fourth-order valence-electron chi connectivity index (χ4n) is 3.58. The fraction of sp³-hybridized carbons (Fsp3) is 0.200. The zero-order valence-electron chi connectivity index (χ0n) is 18.1. The lowest BCUT2D eigenvalue weighted by molar-refractivity contribution is 0.402. The average Bonchev–Trinajstić information content (AvgIpc) is 3.23. The van der Waals surface area contributed by atoms with Crippen molar-refractivity contribution in [2.24, 2.45) is 0 Å². The third kappa shape index (κ3) is 4.25. The van der Waals surface area contributed by atoms with Crippen molar-refractivity contribution in [3.8, 4) is 17.0 Å². The van der Waals surface area contributed by atoms with Gasteiger partial charge in [0.15, 0.2) is 5.13 Å². The van der Waals surface area contributed by atoms with Crippen LogP contribution in [0.15, 0.2) is 67.4 Å². The Labute approximate surface area is 187 Å². The lowest BCUT2D eigenvalue weighted by atomic mass is 10.1. The highest BCUT2D eigenvalue weighted by atomic mass is 32.1. The molecule has 0 aliphatic rings. The van der Waals surface area contributed by atoms with E-state index in [1.165, 1.54) is 5.69 Å². The lowest BCUT2D eigenvalue weighted by Gasteiger charge is -2.21. The molecular formula is C25H26N4OS. The number of ether oxygens (including phenoxy) is 1. The Morgan fingerprint density at radius 1 is 1.06 bits per heavy atom.